The number of halogens is 1. The summed E-state index contributed by atoms with van der Waals surface area (Å²) in [6.07, 6.45) is 1.50. The second-order valence-corrected chi connectivity index (χ2v) is 6.59. The molecule has 0 atom stereocenters. The molecule has 3 aromatic rings. The molecule has 0 aliphatic rings. The number of carbonyl (C=O) groups excluding carboxylic acids is 1. The molecular formula is C20H19ClN6O4. The van der Waals surface area contributed by atoms with Gasteiger partial charge in [0.25, 0.3) is 11.5 Å². The first kappa shape index (κ1) is 21.8. The summed E-state index contributed by atoms with van der Waals surface area (Å²) >= 11 is 6.03. The van der Waals surface area contributed by atoms with Crippen LogP contribution < -0.4 is 25.8 Å². The molecule has 0 unspecified atom stereocenters. The molecule has 11 heteroatoms. The Kier molecular flexibility index (Phi) is 7.17. The van der Waals surface area contributed by atoms with E-state index in [4.69, 9.17) is 21.1 Å². The van der Waals surface area contributed by atoms with E-state index in [0.29, 0.717) is 27.8 Å². The molecule has 31 heavy (non-hydrogen) atoms. The molecule has 3 N–H and O–H groups in total. The van der Waals surface area contributed by atoms with Gasteiger partial charge < -0.3 is 14.8 Å². The van der Waals surface area contributed by atoms with Crippen LogP contribution in [-0.4, -0.2) is 41.0 Å². The van der Waals surface area contributed by atoms with E-state index in [0.717, 1.165) is 0 Å². The fourth-order valence-electron chi connectivity index (χ4n) is 2.39. The highest BCUT2D eigenvalue weighted by atomic mass is 35.5. The van der Waals surface area contributed by atoms with Crippen molar-refractivity contribution in [3.63, 3.8) is 0 Å². The van der Waals surface area contributed by atoms with Crippen molar-refractivity contribution in [3.05, 3.63) is 69.1 Å². The zero-order valence-corrected chi connectivity index (χ0v) is 17.4. The highest BCUT2D eigenvalue weighted by molar-refractivity contribution is 6.33. The minimum absolute atomic E-state index is 0.114. The van der Waals surface area contributed by atoms with E-state index in [9.17, 15) is 9.59 Å². The number of aromatic amines is 1. The number of hydrogen-bond donors (Lipinski definition) is 3. The summed E-state index contributed by atoms with van der Waals surface area (Å²) in [6, 6.07) is 12.0. The summed E-state index contributed by atoms with van der Waals surface area (Å²) < 4.78 is 10.9. The van der Waals surface area contributed by atoms with Crippen molar-refractivity contribution in [1.29, 1.82) is 0 Å². The predicted octanol–water partition coefficient (Wildman–Crippen LogP) is 2.60. The molecule has 10 nitrogen and oxygen atoms in total. The topological polar surface area (TPSA) is 131 Å². The van der Waals surface area contributed by atoms with E-state index < -0.39 is 0 Å². The average Bonchev–Trinajstić information content (AvgIpc) is 2.76. The van der Waals surface area contributed by atoms with Crippen molar-refractivity contribution in [2.45, 2.75) is 6.92 Å². The van der Waals surface area contributed by atoms with Gasteiger partial charge in [0.1, 0.15) is 5.69 Å². The van der Waals surface area contributed by atoms with Gasteiger partial charge in [-0.3, -0.25) is 14.6 Å². The maximum Gasteiger partial charge on any atom is 0.274 e. The number of carbonyl (C=O) groups is 1. The minimum atomic E-state index is -0.363. The smallest absolute Gasteiger partial charge is 0.274 e. The molecule has 0 saturated heterocycles. The molecule has 2 aromatic carbocycles. The molecule has 0 fully saturated rings. The highest BCUT2D eigenvalue weighted by Crippen LogP contribution is 2.27. The average molecular weight is 443 g/mol. The maximum absolute atomic E-state index is 12.1. The second kappa shape index (κ2) is 10.2. The van der Waals surface area contributed by atoms with E-state index in [1.807, 2.05) is 0 Å². The third-order valence-electron chi connectivity index (χ3n) is 3.94. The van der Waals surface area contributed by atoms with Crippen molar-refractivity contribution in [1.82, 2.24) is 15.2 Å². The molecule has 0 aliphatic heterocycles. The lowest BCUT2D eigenvalue weighted by Crippen LogP contribution is -2.20. The first-order chi connectivity index (χ1) is 15.0. The SMILES string of the molecule is COc1cc(/C=N/Nc2nnc(C)c(=O)[nH]2)ccc1OCC(=O)Nc1ccccc1Cl. The predicted molar refractivity (Wildman–Crippen MR) is 117 cm³/mol. The van der Waals surface area contributed by atoms with Gasteiger partial charge in [0.05, 0.1) is 24.0 Å². The molecule has 1 aromatic heterocycles. The molecule has 3 rings (SSSR count). The van der Waals surface area contributed by atoms with E-state index in [-0.39, 0.29) is 29.7 Å². The first-order valence-electron chi connectivity index (χ1n) is 9.04. The maximum atomic E-state index is 12.1. The van der Waals surface area contributed by atoms with Crippen LogP contribution in [-0.2, 0) is 4.79 Å². The Morgan fingerprint density at radius 3 is 2.77 bits per heavy atom. The molecule has 0 saturated carbocycles. The van der Waals surface area contributed by atoms with Crippen molar-refractivity contribution in [2.75, 3.05) is 24.5 Å². The van der Waals surface area contributed by atoms with Crippen LogP contribution >= 0.6 is 11.6 Å². The zero-order valence-electron chi connectivity index (χ0n) is 16.7. The Balaban J connectivity index is 1.60. The van der Waals surface area contributed by atoms with Gasteiger partial charge in [-0.05, 0) is 42.8 Å². The normalized spacial score (nSPS) is 10.7. The standard InChI is InChI=1S/C20H19ClN6O4/c1-12-19(29)24-20(27-25-12)26-22-10-13-7-8-16(17(9-13)30-2)31-11-18(28)23-15-6-4-3-5-14(15)21/h3-10H,11H2,1-2H3,(H,23,28)(H2,24,26,27,29)/b22-10+. The second-order valence-electron chi connectivity index (χ2n) is 6.19. The van der Waals surface area contributed by atoms with E-state index in [1.54, 1.807) is 49.4 Å². The van der Waals surface area contributed by atoms with Crippen molar-refractivity contribution >= 4 is 35.4 Å². The van der Waals surface area contributed by atoms with Crippen LogP contribution in [0, 0.1) is 6.92 Å². The quantitative estimate of drug-likeness (QED) is 0.361. The number of benzene rings is 2. The summed E-state index contributed by atoms with van der Waals surface area (Å²) in [5.41, 5.74) is 3.68. The van der Waals surface area contributed by atoms with Crippen LogP contribution in [0.4, 0.5) is 11.6 Å². The summed E-state index contributed by atoms with van der Waals surface area (Å²) in [5, 5.41) is 14.6. The molecule has 0 radical (unpaired) electrons. The number of para-hydroxylation sites is 1. The number of aryl methyl sites for hydroxylation is 1. The van der Waals surface area contributed by atoms with Gasteiger partial charge in [-0.2, -0.15) is 5.10 Å². The molecule has 0 aliphatic carbocycles. The lowest BCUT2D eigenvalue weighted by atomic mass is 10.2. The number of rotatable bonds is 8. The number of hydrazone groups is 1. The number of ether oxygens (including phenoxy) is 2. The van der Waals surface area contributed by atoms with Crippen molar-refractivity contribution < 1.29 is 14.3 Å². The van der Waals surface area contributed by atoms with Crippen LogP contribution in [0.2, 0.25) is 5.02 Å². The number of anilines is 2. The number of H-pyrrole nitrogens is 1. The van der Waals surface area contributed by atoms with Crippen molar-refractivity contribution in [2.24, 2.45) is 5.10 Å². The Labute approximate surface area is 182 Å². The Bertz CT molecular complexity index is 1160. The van der Waals surface area contributed by atoms with Crippen LogP contribution in [0.1, 0.15) is 11.3 Å². The molecule has 0 spiro atoms. The number of nitrogens with one attached hydrogen (secondary N) is 3. The largest absolute Gasteiger partial charge is 0.493 e. The summed E-state index contributed by atoms with van der Waals surface area (Å²) in [5.74, 6) is 0.551. The van der Waals surface area contributed by atoms with Crippen molar-refractivity contribution in [3.8, 4) is 11.5 Å². The van der Waals surface area contributed by atoms with E-state index >= 15 is 0 Å². The highest BCUT2D eigenvalue weighted by Gasteiger charge is 2.10. The lowest BCUT2D eigenvalue weighted by molar-refractivity contribution is -0.118. The van der Waals surface area contributed by atoms with Gasteiger partial charge in [-0.25, -0.2) is 5.43 Å². The van der Waals surface area contributed by atoms with E-state index in [1.165, 1.54) is 13.3 Å². The van der Waals surface area contributed by atoms with Gasteiger partial charge in [0, 0.05) is 0 Å². The van der Waals surface area contributed by atoms with Crippen LogP contribution in [0.25, 0.3) is 0 Å². The van der Waals surface area contributed by atoms with Gasteiger partial charge in [0.2, 0.25) is 5.95 Å². The van der Waals surface area contributed by atoms with Gasteiger partial charge in [0.15, 0.2) is 18.1 Å². The first-order valence-corrected chi connectivity index (χ1v) is 9.42. The Hall–Kier alpha value is -3.92. The van der Waals surface area contributed by atoms with Crippen LogP contribution in [0.15, 0.2) is 52.4 Å². The summed E-state index contributed by atoms with van der Waals surface area (Å²) in [7, 11) is 1.48. The molecule has 160 valence electrons. The third kappa shape index (κ3) is 6.03. The molecular weight excluding hydrogens is 424 g/mol. The molecule has 1 heterocycles. The van der Waals surface area contributed by atoms with Gasteiger partial charge in [-0.15, -0.1) is 10.2 Å². The number of hydrogen-bond acceptors (Lipinski definition) is 8. The monoisotopic (exact) mass is 442 g/mol. The minimum Gasteiger partial charge on any atom is -0.493 e. The van der Waals surface area contributed by atoms with E-state index in [2.05, 4.69) is 31.0 Å². The van der Waals surface area contributed by atoms with Gasteiger partial charge in [-0.1, -0.05) is 23.7 Å². The Morgan fingerprint density at radius 1 is 1.23 bits per heavy atom. The number of methoxy groups -OCH3 is 1. The summed E-state index contributed by atoms with van der Waals surface area (Å²) in [6.45, 7) is 1.32. The summed E-state index contributed by atoms with van der Waals surface area (Å²) in [4.78, 5) is 26.1. The number of aromatic nitrogens is 3. The number of amides is 1. The molecule has 0 bridgehead atoms. The Morgan fingerprint density at radius 2 is 2.03 bits per heavy atom. The van der Waals surface area contributed by atoms with Crippen LogP contribution in [0.3, 0.4) is 0 Å². The van der Waals surface area contributed by atoms with Crippen LogP contribution in [0.5, 0.6) is 11.5 Å². The number of nitrogens with zero attached hydrogens (tertiary/aromatic N) is 3. The fraction of sp³-hybridized carbons (Fsp3) is 0.150. The fourth-order valence-corrected chi connectivity index (χ4v) is 2.57. The lowest BCUT2D eigenvalue weighted by Gasteiger charge is -2.12. The zero-order chi connectivity index (χ0) is 22.2. The molecule has 1 amide bonds. The third-order valence-corrected chi connectivity index (χ3v) is 4.27. The van der Waals surface area contributed by atoms with Gasteiger partial charge >= 0.3 is 0 Å².